The first-order valence-corrected chi connectivity index (χ1v) is 8.69. The standard InChI is InChI=1S/C16H24N2O2S/c1-4-20-11-6-5-7-18(10-11)15-17-12-8-16(2,3)9-13(19)14(12)21-15/h11H,4-10H2,1-3H3. The van der Waals surface area contributed by atoms with Gasteiger partial charge >= 0.3 is 0 Å². The fourth-order valence-corrected chi connectivity index (χ4v) is 4.38. The molecule has 0 saturated carbocycles. The van der Waals surface area contributed by atoms with Gasteiger partial charge in [0.05, 0.1) is 16.7 Å². The summed E-state index contributed by atoms with van der Waals surface area (Å²) in [5.74, 6) is 0.267. The summed E-state index contributed by atoms with van der Waals surface area (Å²) in [4.78, 5) is 20.3. The monoisotopic (exact) mass is 308 g/mol. The Bertz CT molecular complexity index is 536. The van der Waals surface area contributed by atoms with Crippen molar-refractivity contribution in [2.24, 2.45) is 5.41 Å². The van der Waals surface area contributed by atoms with E-state index in [1.807, 2.05) is 6.92 Å². The number of hydrogen-bond acceptors (Lipinski definition) is 5. The highest BCUT2D eigenvalue weighted by atomic mass is 32.1. The van der Waals surface area contributed by atoms with Gasteiger partial charge in [-0.3, -0.25) is 4.79 Å². The van der Waals surface area contributed by atoms with E-state index in [4.69, 9.17) is 9.72 Å². The third-order valence-electron chi connectivity index (χ3n) is 4.28. The Morgan fingerprint density at radius 1 is 1.43 bits per heavy atom. The molecule has 2 heterocycles. The minimum absolute atomic E-state index is 0.0468. The molecule has 0 amide bonds. The molecule has 1 aliphatic heterocycles. The Balaban J connectivity index is 1.80. The number of thiazole rings is 1. The smallest absolute Gasteiger partial charge is 0.186 e. The number of ketones is 1. The van der Waals surface area contributed by atoms with E-state index in [2.05, 4.69) is 18.7 Å². The minimum atomic E-state index is 0.0468. The van der Waals surface area contributed by atoms with E-state index < -0.39 is 0 Å². The van der Waals surface area contributed by atoms with E-state index in [9.17, 15) is 4.79 Å². The molecule has 1 unspecified atom stereocenters. The van der Waals surface area contributed by atoms with Crippen molar-refractivity contribution >= 4 is 22.3 Å². The van der Waals surface area contributed by atoms with Gasteiger partial charge in [-0.05, 0) is 31.6 Å². The summed E-state index contributed by atoms with van der Waals surface area (Å²) < 4.78 is 5.76. The maximum atomic E-state index is 12.3. The Morgan fingerprint density at radius 3 is 3.00 bits per heavy atom. The third kappa shape index (κ3) is 3.14. The summed E-state index contributed by atoms with van der Waals surface area (Å²) in [6.07, 6.45) is 4.11. The normalized spacial score (nSPS) is 25.0. The number of hydrogen-bond donors (Lipinski definition) is 0. The molecule has 3 rings (SSSR count). The molecule has 1 saturated heterocycles. The predicted octanol–water partition coefficient (Wildman–Crippen LogP) is 3.30. The molecule has 0 bridgehead atoms. The summed E-state index contributed by atoms with van der Waals surface area (Å²) in [7, 11) is 0. The van der Waals surface area contributed by atoms with Crippen LogP contribution in [0.2, 0.25) is 0 Å². The average molecular weight is 308 g/mol. The highest BCUT2D eigenvalue weighted by Crippen LogP contribution is 2.39. The molecule has 1 aromatic heterocycles. The number of Topliss-reactive ketones (excluding diaryl/α,β-unsaturated/α-hetero) is 1. The molecule has 1 fully saturated rings. The number of ether oxygens (including phenoxy) is 1. The summed E-state index contributed by atoms with van der Waals surface area (Å²) in [5.41, 5.74) is 1.06. The van der Waals surface area contributed by atoms with Crippen molar-refractivity contribution in [1.82, 2.24) is 4.98 Å². The van der Waals surface area contributed by atoms with Crippen molar-refractivity contribution < 1.29 is 9.53 Å². The Labute approximate surface area is 130 Å². The zero-order valence-corrected chi connectivity index (χ0v) is 14.0. The van der Waals surface area contributed by atoms with Crippen molar-refractivity contribution in [3.05, 3.63) is 10.6 Å². The van der Waals surface area contributed by atoms with Crippen LogP contribution < -0.4 is 4.90 Å². The molecular weight excluding hydrogens is 284 g/mol. The highest BCUT2D eigenvalue weighted by molar-refractivity contribution is 7.17. The number of fused-ring (bicyclic) bond motifs is 1. The number of carbonyl (C=O) groups excluding carboxylic acids is 1. The van der Waals surface area contributed by atoms with E-state index in [1.165, 1.54) is 0 Å². The number of aromatic nitrogens is 1. The maximum absolute atomic E-state index is 12.3. The van der Waals surface area contributed by atoms with Crippen molar-refractivity contribution in [3.8, 4) is 0 Å². The van der Waals surface area contributed by atoms with E-state index >= 15 is 0 Å². The quantitative estimate of drug-likeness (QED) is 0.859. The summed E-state index contributed by atoms with van der Waals surface area (Å²) in [6, 6.07) is 0. The lowest BCUT2D eigenvalue weighted by Gasteiger charge is -2.32. The lowest BCUT2D eigenvalue weighted by atomic mass is 9.78. The molecule has 0 radical (unpaired) electrons. The van der Waals surface area contributed by atoms with Crippen molar-refractivity contribution in [2.45, 2.75) is 52.6 Å². The number of piperidine rings is 1. The Kier molecular flexibility index (Phi) is 4.06. The van der Waals surface area contributed by atoms with Gasteiger partial charge < -0.3 is 9.64 Å². The van der Waals surface area contributed by atoms with Crippen LogP contribution in [0, 0.1) is 5.41 Å². The van der Waals surface area contributed by atoms with Crippen LogP contribution in [-0.4, -0.2) is 36.6 Å². The predicted molar refractivity (Wildman–Crippen MR) is 85.4 cm³/mol. The van der Waals surface area contributed by atoms with Crippen LogP contribution in [0.1, 0.15) is 55.4 Å². The fraction of sp³-hybridized carbons (Fsp3) is 0.750. The molecule has 0 spiro atoms. The molecule has 0 N–H and O–H groups in total. The Hall–Kier alpha value is -0.940. The first kappa shape index (κ1) is 15.0. The minimum Gasteiger partial charge on any atom is -0.377 e. The van der Waals surface area contributed by atoms with Gasteiger partial charge in [0.2, 0.25) is 0 Å². The number of carbonyl (C=O) groups is 1. The van der Waals surface area contributed by atoms with Gasteiger partial charge in [-0.25, -0.2) is 4.98 Å². The molecule has 5 heteroatoms. The molecule has 116 valence electrons. The van der Waals surface area contributed by atoms with Crippen LogP contribution in [0.25, 0.3) is 0 Å². The number of nitrogens with zero attached hydrogens (tertiary/aromatic N) is 2. The second kappa shape index (κ2) is 5.69. The van der Waals surface area contributed by atoms with E-state index in [0.717, 1.165) is 54.7 Å². The van der Waals surface area contributed by atoms with Crippen molar-refractivity contribution in [1.29, 1.82) is 0 Å². The molecule has 4 nitrogen and oxygen atoms in total. The SMILES string of the molecule is CCOC1CCCN(c2nc3c(s2)C(=O)CC(C)(C)C3)C1. The molecule has 1 atom stereocenters. The van der Waals surface area contributed by atoms with Crippen LogP contribution in [0.5, 0.6) is 0 Å². The van der Waals surface area contributed by atoms with E-state index in [1.54, 1.807) is 11.3 Å². The van der Waals surface area contributed by atoms with Crippen molar-refractivity contribution in [3.63, 3.8) is 0 Å². The lowest BCUT2D eigenvalue weighted by Crippen LogP contribution is -2.39. The van der Waals surface area contributed by atoms with Crippen LogP contribution in [-0.2, 0) is 11.2 Å². The number of anilines is 1. The van der Waals surface area contributed by atoms with E-state index in [-0.39, 0.29) is 11.2 Å². The van der Waals surface area contributed by atoms with Gasteiger partial charge in [0.25, 0.3) is 0 Å². The van der Waals surface area contributed by atoms with Gasteiger partial charge in [0, 0.05) is 26.1 Å². The van der Waals surface area contributed by atoms with E-state index in [0.29, 0.717) is 12.5 Å². The fourth-order valence-electron chi connectivity index (χ4n) is 3.33. The highest BCUT2D eigenvalue weighted by Gasteiger charge is 2.35. The topological polar surface area (TPSA) is 42.4 Å². The zero-order valence-electron chi connectivity index (χ0n) is 13.1. The summed E-state index contributed by atoms with van der Waals surface area (Å²) in [6.45, 7) is 9.03. The molecule has 0 aromatic carbocycles. The van der Waals surface area contributed by atoms with Gasteiger partial charge in [0.15, 0.2) is 10.9 Å². The van der Waals surface area contributed by atoms with Gasteiger partial charge in [-0.1, -0.05) is 25.2 Å². The third-order valence-corrected chi connectivity index (χ3v) is 5.47. The first-order valence-electron chi connectivity index (χ1n) is 7.88. The molecule has 21 heavy (non-hydrogen) atoms. The summed E-state index contributed by atoms with van der Waals surface area (Å²) in [5, 5.41) is 1.01. The first-order chi connectivity index (χ1) is 9.98. The molecular formula is C16H24N2O2S. The second-order valence-electron chi connectivity index (χ2n) is 6.88. The number of rotatable bonds is 3. The van der Waals surface area contributed by atoms with Crippen LogP contribution >= 0.6 is 11.3 Å². The van der Waals surface area contributed by atoms with Crippen LogP contribution in [0.15, 0.2) is 0 Å². The van der Waals surface area contributed by atoms with Gasteiger partial charge in [-0.2, -0.15) is 0 Å². The Morgan fingerprint density at radius 2 is 2.24 bits per heavy atom. The van der Waals surface area contributed by atoms with Crippen molar-refractivity contribution in [2.75, 3.05) is 24.6 Å². The largest absolute Gasteiger partial charge is 0.377 e. The second-order valence-corrected chi connectivity index (χ2v) is 7.86. The molecule has 1 aromatic rings. The zero-order chi connectivity index (χ0) is 15.0. The maximum Gasteiger partial charge on any atom is 0.186 e. The lowest BCUT2D eigenvalue weighted by molar-refractivity contribution is 0.0526. The summed E-state index contributed by atoms with van der Waals surface area (Å²) >= 11 is 1.58. The molecule has 2 aliphatic rings. The average Bonchev–Trinajstić information content (AvgIpc) is 2.82. The van der Waals surface area contributed by atoms with Crippen LogP contribution in [0.3, 0.4) is 0 Å². The molecule has 1 aliphatic carbocycles. The van der Waals surface area contributed by atoms with Crippen LogP contribution in [0.4, 0.5) is 5.13 Å². The van der Waals surface area contributed by atoms with Gasteiger partial charge in [-0.15, -0.1) is 0 Å². The van der Waals surface area contributed by atoms with Gasteiger partial charge in [0.1, 0.15) is 0 Å².